The third-order valence-corrected chi connectivity index (χ3v) is 6.53. The number of fused-ring (bicyclic) bond motifs is 1. The molecule has 0 aliphatic heterocycles. The molecule has 9 heteroatoms. The van der Waals surface area contributed by atoms with E-state index in [9.17, 15) is 13.2 Å². The molecule has 0 aliphatic carbocycles. The first-order valence-electron chi connectivity index (χ1n) is 10.5. The van der Waals surface area contributed by atoms with E-state index in [1.807, 2.05) is 22.9 Å². The van der Waals surface area contributed by atoms with Crippen molar-refractivity contribution in [2.75, 3.05) is 0 Å². The maximum Gasteiger partial charge on any atom is 0.426 e. The van der Waals surface area contributed by atoms with Crippen molar-refractivity contribution in [1.29, 1.82) is 0 Å². The molecule has 2 aromatic carbocycles. The number of aromatic nitrogens is 4. The topological polar surface area (TPSA) is 56.7 Å². The van der Waals surface area contributed by atoms with Crippen LogP contribution in [-0.4, -0.2) is 19.9 Å². The van der Waals surface area contributed by atoms with Gasteiger partial charge in [0.25, 0.3) is 5.89 Å². The SMILES string of the molecule is CCCCn1ncc2c(-c3noc(-c4cc(-c5ccccc5)c(C(F)(F)F)s4)n3)cccc21. The van der Waals surface area contributed by atoms with Gasteiger partial charge in [-0.2, -0.15) is 23.3 Å². The lowest BCUT2D eigenvalue weighted by atomic mass is 10.1. The molecule has 0 saturated carbocycles. The van der Waals surface area contributed by atoms with Crippen LogP contribution in [0.2, 0.25) is 0 Å². The van der Waals surface area contributed by atoms with Crippen LogP contribution < -0.4 is 0 Å². The molecule has 33 heavy (non-hydrogen) atoms. The Balaban J connectivity index is 1.55. The van der Waals surface area contributed by atoms with Gasteiger partial charge in [-0.3, -0.25) is 4.68 Å². The average Bonchev–Trinajstić information content (AvgIpc) is 3.55. The lowest BCUT2D eigenvalue weighted by Gasteiger charge is -2.07. The van der Waals surface area contributed by atoms with Crippen molar-refractivity contribution in [2.45, 2.75) is 32.5 Å². The summed E-state index contributed by atoms with van der Waals surface area (Å²) in [4.78, 5) is 4.01. The fourth-order valence-electron chi connectivity index (χ4n) is 3.76. The molecule has 0 bridgehead atoms. The summed E-state index contributed by atoms with van der Waals surface area (Å²) >= 11 is 0.602. The summed E-state index contributed by atoms with van der Waals surface area (Å²) in [5, 5.41) is 9.40. The molecule has 0 N–H and O–H groups in total. The lowest BCUT2D eigenvalue weighted by Crippen LogP contribution is -2.03. The molecule has 3 heterocycles. The Hall–Kier alpha value is -3.46. The number of benzene rings is 2. The van der Waals surface area contributed by atoms with Crippen LogP contribution in [0.4, 0.5) is 13.2 Å². The number of rotatable bonds is 6. The standard InChI is InChI=1S/C24H19F3N4OS/c1-2-3-12-31-19-11-7-10-16(18(19)14-28-31)22-29-23(32-30-22)20-13-17(15-8-5-4-6-9-15)21(33-20)24(25,26)27/h4-11,13-14H,2-3,12H2,1H3. The Kier molecular flexibility index (Phi) is 5.49. The number of thiophene rings is 1. The van der Waals surface area contributed by atoms with Crippen LogP contribution in [0, 0.1) is 0 Å². The molecule has 0 aliphatic rings. The quantitative estimate of drug-likeness (QED) is 0.262. The van der Waals surface area contributed by atoms with Crippen LogP contribution in [0.15, 0.2) is 65.3 Å². The van der Waals surface area contributed by atoms with Crippen LogP contribution in [0.3, 0.4) is 0 Å². The third kappa shape index (κ3) is 4.04. The minimum absolute atomic E-state index is 0.0538. The smallest absolute Gasteiger partial charge is 0.333 e. The van der Waals surface area contributed by atoms with E-state index < -0.39 is 11.1 Å². The molecule has 5 rings (SSSR count). The highest BCUT2D eigenvalue weighted by atomic mass is 32.1. The van der Waals surface area contributed by atoms with Gasteiger partial charge in [-0.05, 0) is 24.1 Å². The second kappa shape index (κ2) is 8.47. The zero-order chi connectivity index (χ0) is 23.0. The molecular weight excluding hydrogens is 449 g/mol. The van der Waals surface area contributed by atoms with E-state index in [1.165, 1.54) is 6.07 Å². The Labute approximate surface area is 191 Å². The second-order valence-corrected chi connectivity index (χ2v) is 8.65. The molecule has 0 saturated heterocycles. The third-order valence-electron chi connectivity index (χ3n) is 5.36. The minimum atomic E-state index is -4.49. The monoisotopic (exact) mass is 468 g/mol. The van der Waals surface area contributed by atoms with Crippen LogP contribution in [-0.2, 0) is 12.7 Å². The van der Waals surface area contributed by atoms with E-state index >= 15 is 0 Å². The van der Waals surface area contributed by atoms with Gasteiger partial charge in [0.2, 0.25) is 5.82 Å². The zero-order valence-corrected chi connectivity index (χ0v) is 18.5. The van der Waals surface area contributed by atoms with E-state index in [0.717, 1.165) is 35.9 Å². The molecule has 0 fully saturated rings. The van der Waals surface area contributed by atoms with Crippen molar-refractivity contribution in [2.24, 2.45) is 0 Å². The fourth-order valence-corrected chi connectivity index (χ4v) is 4.73. The van der Waals surface area contributed by atoms with Gasteiger partial charge in [0.15, 0.2) is 0 Å². The fraction of sp³-hybridized carbons (Fsp3) is 0.208. The first kappa shape index (κ1) is 21.4. The summed E-state index contributed by atoms with van der Waals surface area (Å²) in [6.07, 6.45) is -0.662. The molecule has 5 aromatic rings. The average molecular weight is 469 g/mol. The summed E-state index contributed by atoms with van der Waals surface area (Å²) in [6, 6.07) is 15.7. The largest absolute Gasteiger partial charge is 0.426 e. The maximum atomic E-state index is 13.7. The van der Waals surface area contributed by atoms with E-state index in [-0.39, 0.29) is 16.3 Å². The van der Waals surface area contributed by atoms with Crippen LogP contribution in [0.25, 0.3) is 44.2 Å². The van der Waals surface area contributed by atoms with Crippen molar-refractivity contribution in [1.82, 2.24) is 19.9 Å². The van der Waals surface area contributed by atoms with E-state index in [4.69, 9.17) is 4.52 Å². The molecule has 0 radical (unpaired) electrons. The highest BCUT2D eigenvalue weighted by molar-refractivity contribution is 7.16. The molecule has 0 atom stereocenters. The Bertz CT molecular complexity index is 1400. The van der Waals surface area contributed by atoms with Crippen molar-refractivity contribution in [3.63, 3.8) is 0 Å². The summed E-state index contributed by atoms with van der Waals surface area (Å²) < 4.78 is 48.5. The van der Waals surface area contributed by atoms with Crippen molar-refractivity contribution in [3.05, 3.63) is 65.7 Å². The summed E-state index contributed by atoms with van der Waals surface area (Å²) in [6.45, 7) is 2.93. The number of nitrogens with zero attached hydrogens (tertiary/aromatic N) is 4. The van der Waals surface area contributed by atoms with Crippen molar-refractivity contribution in [3.8, 4) is 33.3 Å². The van der Waals surface area contributed by atoms with Crippen molar-refractivity contribution >= 4 is 22.2 Å². The van der Waals surface area contributed by atoms with Gasteiger partial charge in [0.05, 0.1) is 16.6 Å². The number of halogens is 3. The number of aryl methyl sites for hydroxylation is 1. The van der Waals surface area contributed by atoms with E-state index in [0.29, 0.717) is 22.7 Å². The predicted octanol–water partition coefficient (Wildman–Crippen LogP) is 7.30. The molecule has 168 valence electrons. The van der Waals surface area contributed by atoms with E-state index in [1.54, 1.807) is 36.5 Å². The summed E-state index contributed by atoms with van der Waals surface area (Å²) in [5.74, 6) is 0.368. The Morgan fingerprint density at radius 1 is 1.03 bits per heavy atom. The molecular formula is C24H19F3N4OS. The molecule has 3 aromatic heterocycles. The number of unbranched alkanes of at least 4 members (excludes halogenated alkanes) is 1. The first-order valence-corrected chi connectivity index (χ1v) is 11.3. The van der Waals surface area contributed by atoms with Gasteiger partial charge < -0.3 is 4.52 Å². The molecule has 5 nitrogen and oxygen atoms in total. The van der Waals surface area contributed by atoms with Gasteiger partial charge in [-0.15, -0.1) is 11.3 Å². The first-order chi connectivity index (χ1) is 16.0. The van der Waals surface area contributed by atoms with Crippen molar-refractivity contribution < 1.29 is 17.7 Å². The van der Waals surface area contributed by atoms with Gasteiger partial charge in [0, 0.05) is 23.1 Å². The van der Waals surface area contributed by atoms with Gasteiger partial charge >= 0.3 is 6.18 Å². The molecule has 0 spiro atoms. The van der Waals surface area contributed by atoms with Gasteiger partial charge in [-0.25, -0.2) is 0 Å². The van der Waals surface area contributed by atoms with E-state index in [2.05, 4.69) is 22.2 Å². The summed E-state index contributed by atoms with van der Waals surface area (Å²) in [5.41, 5.74) is 2.26. The maximum absolute atomic E-state index is 13.7. The molecule has 0 amide bonds. The summed E-state index contributed by atoms with van der Waals surface area (Å²) in [7, 11) is 0. The highest BCUT2D eigenvalue weighted by Gasteiger charge is 2.37. The van der Waals surface area contributed by atoms with Gasteiger partial charge in [0.1, 0.15) is 4.88 Å². The Morgan fingerprint density at radius 2 is 1.85 bits per heavy atom. The van der Waals surface area contributed by atoms with Crippen LogP contribution >= 0.6 is 11.3 Å². The Morgan fingerprint density at radius 3 is 2.61 bits per heavy atom. The van der Waals surface area contributed by atoms with Crippen LogP contribution in [0.5, 0.6) is 0 Å². The number of hydrogen-bond acceptors (Lipinski definition) is 5. The lowest BCUT2D eigenvalue weighted by molar-refractivity contribution is -0.133. The van der Waals surface area contributed by atoms with Gasteiger partial charge in [-0.1, -0.05) is 61.0 Å². The minimum Gasteiger partial charge on any atom is -0.333 e. The predicted molar refractivity (Wildman–Crippen MR) is 122 cm³/mol. The number of hydrogen-bond donors (Lipinski definition) is 0. The highest BCUT2D eigenvalue weighted by Crippen LogP contribution is 2.45. The molecule has 0 unspecified atom stereocenters. The number of alkyl halides is 3. The zero-order valence-electron chi connectivity index (χ0n) is 17.6. The van der Waals surface area contributed by atoms with Crippen LogP contribution in [0.1, 0.15) is 24.6 Å². The second-order valence-electron chi connectivity index (χ2n) is 7.60. The normalized spacial score (nSPS) is 12.0.